The smallest absolute Gasteiger partial charge is 0.240 e. The highest BCUT2D eigenvalue weighted by Gasteiger charge is 2.22. The van der Waals surface area contributed by atoms with Gasteiger partial charge in [-0.25, -0.2) is 8.42 Å². The molecule has 0 aromatic heterocycles. The molecule has 0 aliphatic rings. The van der Waals surface area contributed by atoms with E-state index in [1.54, 1.807) is 25.1 Å². The van der Waals surface area contributed by atoms with Gasteiger partial charge in [-0.2, -0.15) is 0 Å². The summed E-state index contributed by atoms with van der Waals surface area (Å²) in [4.78, 5) is 12.0. The van der Waals surface area contributed by atoms with E-state index in [2.05, 4.69) is 12.2 Å². The molecule has 0 saturated heterocycles. The van der Waals surface area contributed by atoms with Gasteiger partial charge in [0.1, 0.15) is 6.54 Å². The third-order valence-electron chi connectivity index (χ3n) is 3.22. The maximum atomic E-state index is 12.0. The number of hydrogen-bond acceptors (Lipinski definition) is 3. The van der Waals surface area contributed by atoms with Gasteiger partial charge in [-0.3, -0.25) is 9.10 Å². The van der Waals surface area contributed by atoms with Crippen molar-refractivity contribution < 1.29 is 13.2 Å². The highest BCUT2D eigenvalue weighted by Crippen LogP contribution is 2.25. The predicted molar refractivity (Wildman–Crippen MR) is 90.9 cm³/mol. The predicted octanol–water partition coefficient (Wildman–Crippen LogP) is 2.72. The van der Waals surface area contributed by atoms with E-state index in [0.29, 0.717) is 22.8 Å². The standard InChI is InChI=1S/C15H23ClN2O3S/c1-4-5-6-9-17-15(19)11-18(22(3,20)21)14-8-7-13(16)10-12(14)2/h7-8,10H,4-6,9,11H2,1-3H3,(H,17,19). The number of sulfonamides is 1. The van der Waals surface area contributed by atoms with Crippen LogP contribution in [0.25, 0.3) is 0 Å². The number of halogens is 1. The van der Waals surface area contributed by atoms with Crippen LogP contribution in [0.2, 0.25) is 5.02 Å². The van der Waals surface area contributed by atoms with Gasteiger partial charge >= 0.3 is 0 Å². The number of anilines is 1. The maximum Gasteiger partial charge on any atom is 0.240 e. The monoisotopic (exact) mass is 346 g/mol. The lowest BCUT2D eigenvalue weighted by atomic mass is 10.2. The van der Waals surface area contributed by atoms with Crippen molar-refractivity contribution in [3.63, 3.8) is 0 Å². The van der Waals surface area contributed by atoms with Crippen molar-refractivity contribution in [3.8, 4) is 0 Å². The molecule has 0 aliphatic heterocycles. The number of hydrogen-bond donors (Lipinski definition) is 1. The van der Waals surface area contributed by atoms with E-state index in [0.717, 1.165) is 29.8 Å². The van der Waals surface area contributed by atoms with Gasteiger partial charge in [0.2, 0.25) is 15.9 Å². The summed E-state index contributed by atoms with van der Waals surface area (Å²) in [6.45, 7) is 4.17. The third-order valence-corrected chi connectivity index (χ3v) is 4.58. The number of carbonyl (C=O) groups is 1. The van der Waals surface area contributed by atoms with Gasteiger partial charge in [0, 0.05) is 11.6 Å². The molecule has 1 aromatic carbocycles. The topological polar surface area (TPSA) is 66.5 Å². The van der Waals surface area contributed by atoms with Crippen LogP contribution >= 0.6 is 11.6 Å². The molecule has 1 N–H and O–H groups in total. The largest absolute Gasteiger partial charge is 0.355 e. The van der Waals surface area contributed by atoms with Crippen molar-refractivity contribution in [1.82, 2.24) is 5.32 Å². The minimum absolute atomic E-state index is 0.229. The van der Waals surface area contributed by atoms with E-state index in [1.165, 1.54) is 0 Å². The average Bonchev–Trinajstić information content (AvgIpc) is 2.41. The Morgan fingerprint density at radius 2 is 2.00 bits per heavy atom. The number of amides is 1. The molecule has 0 heterocycles. The summed E-state index contributed by atoms with van der Waals surface area (Å²) in [5.74, 6) is -0.309. The molecule has 0 radical (unpaired) electrons. The van der Waals surface area contributed by atoms with Crippen LogP contribution in [0.15, 0.2) is 18.2 Å². The molecule has 0 spiro atoms. The minimum atomic E-state index is -3.55. The van der Waals surface area contributed by atoms with Gasteiger partial charge in [0.15, 0.2) is 0 Å². The Hall–Kier alpha value is -1.27. The number of nitrogens with one attached hydrogen (secondary N) is 1. The molecule has 0 unspecified atom stereocenters. The maximum absolute atomic E-state index is 12.0. The zero-order valence-corrected chi connectivity index (χ0v) is 14.8. The highest BCUT2D eigenvalue weighted by molar-refractivity contribution is 7.92. The molecule has 1 amide bonds. The number of carbonyl (C=O) groups excluding carboxylic acids is 1. The first kappa shape index (κ1) is 18.8. The van der Waals surface area contributed by atoms with E-state index in [1.807, 2.05) is 0 Å². The molecule has 1 aromatic rings. The zero-order valence-electron chi connectivity index (χ0n) is 13.2. The van der Waals surface area contributed by atoms with E-state index >= 15 is 0 Å². The van der Waals surface area contributed by atoms with Gasteiger partial charge < -0.3 is 5.32 Å². The average molecular weight is 347 g/mol. The Labute approximate surface area is 137 Å². The Bertz CT molecular complexity index is 617. The summed E-state index contributed by atoms with van der Waals surface area (Å²) in [6.07, 6.45) is 4.08. The van der Waals surface area contributed by atoms with E-state index < -0.39 is 10.0 Å². The zero-order chi connectivity index (χ0) is 16.8. The van der Waals surface area contributed by atoms with Crippen LogP contribution in [0.5, 0.6) is 0 Å². The molecule has 0 aliphatic carbocycles. The Morgan fingerprint density at radius 1 is 1.32 bits per heavy atom. The molecule has 0 bridgehead atoms. The van der Waals surface area contributed by atoms with Crippen molar-refractivity contribution in [3.05, 3.63) is 28.8 Å². The van der Waals surface area contributed by atoms with Gasteiger partial charge in [-0.15, -0.1) is 0 Å². The quantitative estimate of drug-likeness (QED) is 0.736. The SMILES string of the molecule is CCCCCNC(=O)CN(c1ccc(Cl)cc1C)S(C)(=O)=O. The van der Waals surface area contributed by atoms with Crippen molar-refractivity contribution >= 4 is 33.2 Å². The van der Waals surface area contributed by atoms with E-state index in [9.17, 15) is 13.2 Å². The van der Waals surface area contributed by atoms with Crippen molar-refractivity contribution in [2.45, 2.75) is 33.1 Å². The number of nitrogens with zero attached hydrogens (tertiary/aromatic N) is 1. The van der Waals surface area contributed by atoms with Crippen LogP contribution in [0, 0.1) is 6.92 Å². The molecule has 7 heteroatoms. The first-order chi connectivity index (χ1) is 10.3. The molecule has 0 saturated carbocycles. The summed E-state index contributed by atoms with van der Waals surface area (Å²) in [5, 5.41) is 3.28. The van der Waals surface area contributed by atoms with Gasteiger partial charge in [0.05, 0.1) is 11.9 Å². The third kappa shape index (κ3) is 5.85. The second-order valence-corrected chi connectivity index (χ2v) is 7.60. The Kier molecular flexibility index (Phi) is 7.16. The van der Waals surface area contributed by atoms with Crippen molar-refractivity contribution in [2.24, 2.45) is 0 Å². The lowest BCUT2D eigenvalue weighted by molar-refractivity contribution is -0.119. The normalized spacial score (nSPS) is 11.3. The van der Waals surface area contributed by atoms with Gasteiger partial charge in [-0.1, -0.05) is 31.4 Å². The highest BCUT2D eigenvalue weighted by atomic mass is 35.5. The van der Waals surface area contributed by atoms with E-state index in [-0.39, 0.29) is 12.5 Å². The Morgan fingerprint density at radius 3 is 2.55 bits per heavy atom. The van der Waals surface area contributed by atoms with Gasteiger partial charge in [0.25, 0.3) is 0 Å². The number of benzene rings is 1. The number of unbranched alkanes of at least 4 members (excludes halogenated alkanes) is 2. The summed E-state index contributed by atoms with van der Waals surface area (Å²) < 4.78 is 25.1. The molecule has 22 heavy (non-hydrogen) atoms. The van der Waals surface area contributed by atoms with Crippen LogP contribution in [0.3, 0.4) is 0 Å². The first-order valence-corrected chi connectivity index (χ1v) is 9.49. The molecule has 1 rings (SSSR count). The summed E-state index contributed by atoms with van der Waals surface area (Å²) in [6, 6.07) is 4.90. The molecular formula is C15H23ClN2O3S. The number of aryl methyl sites for hydroxylation is 1. The molecule has 0 atom stereocenters. The minimum Gasteiger partial charge on any atom is -0.355 e. The Balaban J connectivity index is 2.85. The fourth-order valence-corrected chi connectivity index (χ4v) is 3.21. The van der Waals surface area contributed by atoms with Crippen molar-refractivity contribution in [2.75, 3.05) is 23.7 Å². The summed E-state index contributed by atoms with van der Waals surface area (Å²) in [7, 11) is -3.55. The van der Waals surface area contributed by atoms with Crippen LogP contribution in [-0.4, -0.2) is 33.7 Å². The van der Waals surface area contributed by atoms with Crippen LogP contribution in [0.1, 0.15) is 31.7 Å². The molecule has 5 nitrogen and oxygen atoms in total. The van der Waals surface area contributed by atoms with Crippen molar-refractivity contribution in [1.29, 1.82) is 0 Å². The number of rotatable bonds is 8. The second-order valence-electron chi connectivity index (χ2n) is 5.26. The fraction of sp³-hybridized carbons (Fsp3) is 0.533. The van der Waals surface area contributed by atoms with Crippen LogP contribution < -0.4 is 9.62 Å². The van der Waals surface area contributed by atoms with Gasteiger partial charge in [-0.05, 0) is 37.1 Å². The van der Waals surface area contributed by atoms with Crippen LogP contribution in [-0.2, 0) is 14.8 Å². The molecule has 0 fully saturated rings. The first-order valence-electron chi connectivity index (χ1n) is 7.26. The summed E-state index contributed by atoms with van der Waals surface area (Å²) >= 11 is 5.89. The fourth-order valence-electron chi connectivity index (χ4n) is 2.07. The summed E-state index contributed by atoms with van der Waals surface area (Å²) in [5.41, 5.74) is 1.17. The molecular weight excluding hydrogens is 324 g/mol. The lowest BCUT2D eigenvalue weighted by Crippen LogP contribution is -2.41. The van der Waals surface area contributed by atoms with Crippen LogP contribution in [0.4, 0.5) is 5.69 Å². The lowest BCUT2D eigenvalue weighted by Gasteiger charge is -2.23. The second kappa shape index (κ2) is 8.39. The van der Waals surface area contributed by atoms with E-state index in [4.69, 9.17) is 11.6 Å². The molecule has 124 valence electrons.